The topological polar surface area (TPSA) is 67.4 Å². The molecule has 2 aromatic carbocycles. The number of aryl methyl sites for hydroxylation is 1. The molecule has 3 aromatic rings. The van der Waals surface area contributed by atoms with Crippen LogP contribution in [0.2, 0.25) is 0 Å². The smallest absolute Gasteiger partial charge is 0.258 e. The van der Waals surface area contributed by atoms with Crippen molar-refractivity contribution < 1.29 is 13.9 Å². The number of fused-ring (bicyclic) bond motifs is 1. The first-order valence-electron chi connectivity index (χ1n) is 10.8. The highest BCUT2D eigenvalue weighted by molar-refractivity contribution is 5.93. The number of halogens is 1. The monoisotopic (exact) mass is 422 g/mol. The van der Waals surface area contributed by atoms with Crippen molar-refractivity contribution in [1.82, 2.24) is 9.97 Å². The lowest BCUT2D eigenvalue weighted by atomic mass is 9.95. The highest BCUT2D eigenvalue weighted by Gasteiger charge is 2.28. The van der Waals surface area contributed by atoms with Crippen LogP contribution in [0, 0.1) is 18.7 Å². The van der Waals surface area contributed by atoms with E-state index in [1.54, 1.807) is 13.0 Å². The quantitative estimate of drug-likeness (QED) is 0.623. The van der Waals surface area contributed by atoms with E-state index in [0.29, 0.717) is 44.1 Å². The van der Waals surface area contributed by atoms with Crippen LogP contribution in [0.25, 0.3) is 11.0 Å². The zero-order valence-electron chi connectivity index (χ0n) is 17.9. The first-order valence-corrected chi connectivity index (χ1v) is 10.8. The van der Waals surface area contributed by atoms with Gasteiger partial charge in [0.25, 0.3) is 5.88 Å². The van der Waals surface area contributed by atoms with Crippen LogP contribution in [0.1, 0.15) is 31.7 Å². The van der Waals surface area contributed by atoms with Crippen molar-refractivity contribution in [3.8, 4) is 5.88 Å². The third-order valence-corrected chi connectivity index (χ3v) is 5.58. The predicted molar refractivity (Wildman–Crippen MR) is 120 cm³/mol. The molecule has 0 radical (unpaired) electrons. The molecule has 7 heteroatoms. The van der Waals surface area contributed by atoms with E-state index in [1.807, 2.05) is 24.3 Å². The highest BCUT2D eigenvalue weighted by atomic mass is 19.1. The van der Waals surface area contributed by atoms with Gasteiger partial charge in [-0.3, -0.25) is 4.79 Å². The SMILES string of the molecule is CCCOc1nc2ccccc2nc1N1CCC(C(=O)Nc2ccc(F)cc2C)CC1. The molecule has 162 valence electrons. The van der Waals surface area contributed by atoms with E-state index in [2.05, 4.69) is 22.1 Å². The van der Waals surface area contributed by atoms with Crippen LogP contribution in [0.5, 0.6) is 5.88 Å². The van der Waals surface area contributed by atoms with Gasteiger partial charge in [-0.25, -0.2) is 14.4 Å². The minimum absolute atomic E-state index is 0.0265. The van der Waals surface area contributed by atoms with Crippen molar-refractivity contribution in [2.24, 2.45) is 5.92 Å². The molecule has 1 aliphatic rings. The van der Waals surface area contributed by atoms with Crippen LogP contribution in [0.4, 0.5) is 15.9 Å². The van der Waals surface area contributed by atoms with Crippen LogP contribution in [-0.4, -0.2) is 35.6 Å². The Bertz CT molecular complexity index is 1080. The Morgan fingerprint density at radius 1 is 1.16 bits per heavy atom. The number of amides is 1. The van der Waals surface area contributed by atoms with Crippen LogP contribution in [0.15, 0.2) is 42.5 Å². The first kappa shape index (κ1) is 21.0. The molecule has 1 aromatic heterocycles. The number of anilines is 2. The number of benzene rings is 2. The molecule has 1 fully saturated rings. The summed E-state index contributed by atoms with van der Waals surface area (Å²) in [5.41, 5.74) is 3.01. The highest BCUT2D eigenvalue weighted by Crippen LogP contribution is 2.31. The average molecular weight is 423 g/mol. The van der Waals surface area contributed by atoms with Gasteiger partial charge in [0.15, 0.2) is 5.82 Å². The molecule has 2 heterocycles. The molecule has 0 aliphatic carbocycles. The van der Waals surface area contributed by atoms with Gasteiger partial charge in [-0.1, -0.05) is 19.1 Å². The maximum Gasteiger partial charge on any atom is 0.258 e. The van der Waals surface area contributed by atoms with Gasteiger partial charge in [0.2, 0.25) is 5.91 Å². The van der Waals surface area contributed by atoms with Crippen LogP contribution < -0.4 is 15.0 Å². The van der Waals surface area contributed by atoms with Gasteiger partial charge in [-0.2, -0.15) is 0 Å². The largest absolute Gasteiger partial charge is 0.475 e. The van der Waals surface area contributed by atoms with Crippen molar-refractivity contribution in [2.45, 2.75) is 33.1 Å². The molecule has 4 rings (SSSR count). The number of nitrogens with zero attached hydrogens (tertiary/aromatic N) is 3. The van der Waals surface area contributed by atoms with Crippen LogP contribution in [0.3, 0.4) is 0 Å². The van der Waals surface area contributed by atoms with E-state index in [0.717, 1.165) is 28.8 Å². The number of aromatic nitrogens is 2. The number of ether oxygens (including phenoxy) is 1. The van der Waals surface area contributed by atoms with Gasteiger partial charge < -0.3 is 15.0 Å². The molecule has 1 aliphatic heterocycles. The van der Waals surface area contributed by atoms with Crippen molar-refractivity contribution in [3.63, 3.8) is 0 Å². The minimum Gasteiger partial charge on any atom is -0.475 e. The third kappa shape index (κ3) is 4.76. The fourth-order valence-corrected chi connectivity index (χ4v) is 3.83. The molecule has 0 bridgehead atoms. The number of hydrogen-bond acceptors (Lipinski definition) is 5. The minimum atomic E-state index is -0.304. The Kier molecular flexibility index (Phi) is 6.30. The second kappa shape index (κ2) is 9.29. The molecule has 0 unspecified atom stereocenters. The lowest BCUT2D eigenvalue weighted by molar-refractivity contribution is -0.120. The second-order valence-electron chi connectivity index (χ2n) is 7.90. The summed E-state index contributed by atoms with van der Waals surface area (Å²) in [6.07, 6.45) is 2.29. The van der Waals surface area contributed by atoms with Gasteiger partial charge in [0.1, 0.15) is 5.82 Å². The zero-order valence-corrected chi connectivity index (χ0v) is 17.9. The Morgan fingerprint density at radius 2 is 1.87 bits per heavy atom. The lowest BCUT2D eigenvalue weighted by Gasteiger charge is -2.32. The molecule has 1 amide bonds. The number of carbonyl (C=O) groups excluding carboxylic acids is 1. The van der Waals surface area contributed by atoms with E-state index in [4.69, 9.17) is 9.72 Å². The van der Waals surface area contributed by atoms with Crippen LogP contribution >= 0.6 is 0 Å². The maximum atomic E-state index is 13.3. The summed E-state index contributed by atoms with van der Waals surface area (Å²) in [5.74, 6) is 0.850. The molecular formula is C24H27FN4O2. The Labute approximate surface area is 181 Å². The van der Waals surface area contributed by atoms with E-state index >= 15 is 0 Å². The summed E-state index contributed by atoms with van der Waals surface area (Å²) < 4.78 is 19.2. The number of piperidine rings is 1. The summed E-state index contributed by atoms with van der Waals surface area (Å²) in [6, 6.07) is 12.2. The van der Waals surface area contributed by atoms with Gasteiger partial charge >= 0.3 is 0 Å². The Balaban J connectivity index is 1.46. The standard InChI is InChI=1S/C24H27FN4O2/c1-3-14-31-24-22(26-20-6-4-5-7-21(20)28-24)29-12-10-17(11-13-29)23(30)27-19-9-8-18(25)15-16(19)2/h4-9,15,17H,3,10-14H2,1-2H3,(H,27,30). The van der Waals surface area contributed by atoms with Crippen molar-refractivity contribution in [1.29, 1.82) is 0 Å². The molecule has 0 atom stereocenters. The third-order valence-electron chi connectivity index (χ3n) is 5.58. The molecule has 6 nitrogen and oxygen atoms in total. The second-order valence-corrected chi connectivity index (χ2v) is 7.90. The molecule has 1 N–H and O–H groups in total. The zero-order chi connectivity index (χ0) is 21.8. The van der Waals surface area contributed by atoms with Crippen LogP contribution in [-0.2, 0) is 4.79 Å². The number of hydrogen-bond donors (Lipinski definition) is 1. The first-order chi connectivity index (χ1) is 15.0. The number of rotatable bonds is 6. The number of para-hydroxylation sites is 2. The van der Waals surface area contributed by atoms with Crippen molar-refractivity contribution >= 4 is 28.4 Å². The van der Waals surface area contributed by atoms with Crippen molar-refractivity contribution in [3.05, 3.63) is 53.8 Å². The molecule has 31 heavy (non-hydrogen) atoms. The number of nitrogens with one attached hydrogen (secondary N) is 1. The lowest BCUT2D eigenvalue weighted by Crippen LogP contribution is -2.39. The Morgan fingerprint density at radius 3 is 2.55 bits per heavy atom. The molecule has 0 saturated carbocycles. The van der Waals surface area contributed by atoms with E-state index in [-0.39, 0.29) is 17.6 Å². The fourth-order valence-electron chi connectivity index (χ4n) is 3.83. The fraction of sp³-hybridized carbons (Fsp3) is 0.375. The maximum absolute atomic E-state index is 13.3. The summed E-state index contributed by atoms with van der Waals surface area (Å²) in [6.45, 7) is 5.81. The van der Waals surface area contributed by atoms with Crippen molar-refractivity contribution in [2.75, 3.05) is 29.9 Å². The molecule has 0 spiro atoms. The summed E-state index contributed by atoms with van der Waals surface area (Å²) in [4.78, 5) is 24.4. The van der Waals surface area contributed by atoms with Gasteiger partial charge in [0, 0.05) is 24.7 Å². The normalized spacial score (nSPS) is 14.6. The average Bonchev–Trinajstić information content (AvgIpc) is 2.79. The van der Waals surface area contributed by atoms with E-state index in [9.17, 15) is 9.18 Å². The summed E-state index contributed by atoms with van der Waals surface area (Å²) in [5, 5.41) is 2.95. The molecular weight excluding hydrogens is 395 g/mol. The van der Waals surface area contributed by atoms with Gasteiger partial charge in [-0.15, -0.1) is 0 Å². The molecule has 1 saturated heterocycles. The van der Waals surface area contributed by atoms with E-state index in [1.165, 1.54) is 12.1 Å². The van der Waals surface area contributed by atoms with E-state index < -0.39 is 0 Å². The van der Waals surface area contributed by atoms with Gasteiger partial charge in [-0.05, 0) is 62.1 Å². The predicted octanol–water partition coefficient (Wildman–Crippen LogP) is 4.72. The summed E-state index contributed by atoms with van der Waals surface area (Å²) in [7, 11) is 0. The Hall–Kier alpha value is -3.22. The van der Waals surface area contributed by atoms with Gasteiger partial charge in [0.05, 0.1) is 17.6 Å². The summed E-state index contributed by atoms with van der Waals surface area (Å²) >= 11 is 0. The number of carbonyl (C=O) groups is 1.